The number of thiol groups is 1. The van der Waals surface area contributed by atoms with Crippen LogP contribution in [0.3, 0.4) is 0 Å². The Morgan fingerprint density at radius 3 is 0.857 bits per heavy atom. The van der Waals surface area contributed by atoms with Crippen molar-refractivity contribution in [1.29, 1.82) is 0 Å². The van der Waals surface area contributed by atoms with Gasteiger partial charge in [0.25, 0.3) is 0 Å². The van der Waals surface area contributed by atoms with Crippen LogP contribution in [0.2, 0.25) is 0 Å². The summed E-state index contributed by atoms with van der Waals surface area (Å²) in [5, 5.41) is 0. The van der Waals surface area contributed by atoms with Gasteiger partial charge in [0.1, 0.15) is 0 Å². The van der Waals surface area contributed by atoms with Gasteiger partial charge in [0, 0.05) is 0 Å². The normalized spacial score (nSPS) is 16.4. The van der Waals surface area contributed by atoms with E-state index in [2.05, 4.69) is 12.6 Å². The first kappa shape index (κ1) is 26.9. The second kappa shape index (κ2) is 6.45. The van der Waals surface area contributed by atoms with Crippen LogP contribution in [0.25, 0.3) is 0 Å². The summed E-state index contributed by atoms with van der Waals surface area (Å²) in [6, 6.07) is 0. The van der Waals surface area contributed by atoms with Crippen molar-refractivity contribution in [3.05, 3.63) is 11.5 Å². The lowest BCUT2D eigenvalue weighted by molar-refractivity contribution is -0.459. The molecule has 0 fully saturated rings. The molecule has 0 N–H and O–H groups in total. The monoisotopic (exact) mass is 478 g/mol. The van der Waals surface area contributed by atoms with E-state index in [1.165, 1.54) is 0 Å². The number of hydrogen-bond acceptors (Lipinski definition) is 1. The van der Waals surface area contributed by atoms with Gasteiger partial charge in [-0.15, -0.1) is 12.6 Å². The van der Waals surface area contributed by atoms with Crippen LogP contribution in [-0.2, 0) is 0 Å². The van der Waals surface area contributed by atoms with Crippen molar-refractivity contribution in [3.63, 3.8) is 0 Å². The van der Waals surface area contributed by atoms with Crippen LogP contribution in [-0.4, -0.2) is 47.6 Å². The van der Waals surface area contributed by atoms with Crippen LogP contribution in [0.15, 0.2) is 11.5 Å². The van der Waals surface area contributed by atoms with Gasteiger partial charge in [-0.3, -0.25) is 0 Å². The van der Waals surface area contributed by atoms with E-state index in [4.69, 9.17) is 0 Å². The number of allylic oxidation sites excluding steroid dienone is 1. The van der Waals surface area contributed by atoms with Crippen molar-refractivity contribution in [2.24, 2.45) is 0 Å². The van der Waals surface area contributed by atoms with Crippen LogP contribution in [0.1, 0.15) is 0 Å². The van der Waals surface area contributed by atoms with Crippen molar-refractivity contribution in [3.8, 4) is 0 Å². The Morgan fingerprint density at radius 1 is 0.429 bits per heavy atom. The number of hydrogen-bond donors (Lipinski definition) is 1. The topological polar surface area (TPSA) is 0 Å². The standard InChI is InChI=1S/C10H3F17S/c1-2(28)3(11,12)4(13,14)5(15,16)6(17,18)7(19,20)8(21,22)9(23,24)10(25,26)27/h28H,1H2. The third-order valence-electron chi connectivity index (χ3n) is 3.08. The molecule has 0 saturated heterocycles. The van der Waals surface area contributed by atoms with Gasteiger partial charge in [-0.2, -0.15) is 74.6 Å². The van der Waals surface area contributed by atoms with Crippen LogP contribution < -0.4 is 0 Å². The van der Waals surface area contributed by atoms with Gasteiger partial charge in [0.15, 0.2) is 0 Å². The number of halogens is 17. The smallest absolute Gasteiger partial charge is 0.193 e. The Bertz CT molecular complexity index is 612. The molecule has 0 aliphatic heterocycles. The molecule has 0 heterocycles. The summed E-state index contributed by atoms with van der Waals surface area (Å²) in [4.78, 5) is -2.69. The first-order chi connectivity index (χ1) is 11.7. The quantitative estimate of drug-likeness (QED) is 0.316. The lowest BCUT2D eigenvalue weighted by Gasteiger charge is -2.42. The minimum Gasteiger partial charge on any atom is -0.193 e. The van der Waals surface area contributed by atoms with Crippen LogP contribution >= 0.6 is 12.6 Å². The van der Waals surface area contributed by atoms with E-state index in [0.717, 1.165) is 0 Å². The summed E-state index contributed by atoms with van der Waals surface area (Å²) in [5.74, 6) is -56.6. The number of alkyl halides is 17. The molecule has 0 aliphatic carbocycles. The van der Waals surface area contributed by atoms with Gasteiger partial charge >= 0.3 is 47.6 Å². The van der Waals surface area contributed by atoms with Crippen molar-refractivity contribution >= 4 is 12.6 Å². The van der Waals surface area contributed by atoms with E-state index in [0.29, 0.717) is 0 Å². The summed E-state index contributed by atoms with van der Waals surface area (Å²) in [6.45, 7) is 1.82. The Kier molecular flexibility index (Phi) is 6.20. The zero-order valence-electron chi connectivity index (χ0n) is 12.1. The average molecular weight is 478 g/mol. The maximum Gasteiger partial charge on any atom is 0.460 e. The molecule has 0 aromatic heterocycles. The molecule has 0 aromatic rings. The maximum absolute atomic E-state index is 13.2. The van der Waals surface area contributed by atoms with Gasteiger partial charge < -0.3 is 0 Å². The molecule has 0 nitrogen and oxygen atoms in total. The van der Waals surface area contributed by atoms with Gasteiger partial charge in [0.2, 0.25) is 0 Å². The molecular weight excluding hydrogens is 475 g/mol. The zero-order valence-corrected chi connectivity index (χ0v) is 13.0. The van der Waals surface area contributed by atoms with E-state index < -0.39 is 52.5 Å². The molecule has 0 radical (unpaired) electrons. The molecule has 0 atom stereocenters. The van der Waals surface area contributed by atoms with E-state index in [9.17, 15) is 74.6 Å². The molecule has 0 bridgehead atoms. The van der Waals surface area contributed by atoms with Crippen molar-refractivity contribution in [2.75, 3.05) is 0 Å². The fourth-order valence-electron chi connectivity index (χ4n) is 1.35. The van der Waals surface area contributed by atoms with E-state index in [-0.39, 0.29) is 0 Å². The summed E-state index contributed by atoms with van der Waals surface area (Å²) >= 11 is 2.31. The highest BCUT2D eigenvalue weighted by atomic mass is 32.1. The summed E-state index contributed by atoms with van der Waals surface area (Å²) < 4.78 is 217. The summed E-state index contributed by atoms with van der Waals surface area (Å²) in [5.41, 5.74) is 0. The first-order valence-corrected chi connectivity index (χ1v) is 6.24. The summed E-state index contributed by atoms with van der Waals surface area (Å²) in [7, 11) is 0. The zero-order chi connectivity index (χ0) is 23.6. The molecule has 0 rings (SSSR count). The molecule has 28 heavy (non-hydrogen) atoms. The van der Waals surface area contributed by atoms with Crippen molar-refractivity contribution in [1.82, 2.24) is 0 Å². The lowest BCUT2D eigenvalue weighted by Crippen LogP contribution is -2.74. The Labute approximate surface area is 147 Å². The van der Waals surface area contributed by atoms with E-state index in [1.807, 2.05) is 6.58 Å². The Balaban J connectivity index is 6.76. The second-order valence-electron chi connectivity index (χ2n) is 4.97. The molecule has 18 heteroatoms. The molecule has 0 aromatic carbocycles. The lowest BCUT2D eigenvalue weighted by atomic mass is 9.89. The first-order valence-electron chi connectivity index (χ1n) is 5.79. The molecule has 0 spiro atoms. The largest absolute Gasteiger partial charge is 0.460 e. The Hall–Kier alpha value is -1.10. The fourth-order valence-corrected chi connectivity index (χ4v) is 1.49. The molecule has 168 valence electrons. The molecule has 0 amide bonds. The number of rotatable bonds is 7. The van der Waals surface area contributed by atoms with Gasteiger partial charge in [-0.05, 0) is 0 Å². The predicted molar refractivity (Wildman–Crippen MR) is 58.8 cm³/mol. The van der Waals surface area contributed by atoms with Gasteiger partial charge in [0.05, 0.1) is 4.91 Å². The molecule has 0 saturated carbocycles. The van der Waals surface area contributed by atoms with Crippen LogP contribution in [0, 0.1) is 0 Å². The van der Waals surface area contributed by atoms with Crippen LogP contribution in [0.5, 0.6) is 0 Å². The fraction of sp³-hybridized carbons (Fsp3) is 0.800. The third-order valence-corrected chi connectivity index (χ3v) is 3.37. The SMILES string of the molecule is C=C(S)C(F)(F)C(F)(F)C(F)(F)C(F)(F)C(F)(F)C(F)(F)C(F)(F)C(F)(F)F. The van der Waals surface area contributed by atoms with Gasteiger partial charge in [-0.1, -0.05) is 6.58 Å². The van der Waals surface area contributed by atoms with E-state index >= 15 is 0 Å². The molecular formula is C10H3F17S. The minimum absolute atomic E-state index is 1.82. The van der Waals surface area contributed by atoms with Crippen LogP contribution in [0.4, 0.5) is 74.6 Å². The predicted octanol–water partition coefficient (Wildman–Crippen LogP) is 6.44. The van der Waals surface area contributed by atoms with Gasteiger partial charge in [-0.25, -0.2) is 0 Å². The second-order valence-corrected chi connectivity index (χ2v) is 5.51. The average Bonchev–Trinajstić information content (AvgIpc) is 2.44. The minimum atomic E-state index is -8.63. The van der Waals surface area contributed by atoms with Crippen molar-refractivity contribution < 1.29 is 74.6 Å². The maximum atomic E-state index is 13.2. The highest BCUT2D eigenvalue weighted by Crippen LogP contribution is 2.64. The summed E-state index contributed by atoms with van der Waals surface area (Å²) in [6.07, 6.45) is -7.77. The van der Waals surface area contributed by atoms with Crippen molar-refractivity contribution in [2.45, 2.75) is 47.6 Å². The third kappa shape index (κ3) is 3.09. The molecule has 0 unspecified atom stereocenters. The highest BCUT2D eigenvalue weighted by Gasteiger charge is 2.95. The van der Waals surface area contributed by atoms with E-state index in [1.54, 1.807) is 0 Å². The Morgan fingerprint density at radius 2 is 0.643 bits per heavy atom. The highest BCUT2D eigenvalue weighted by molar-refractivity contribution is 7.84. The molecule has 0 aliphatic rings.